The summed E-state index contributed by atoms with van der Waals surface area (Å²) in [6, 6.07) is 9.43. The molecule has 0 saturated heterocycles. The van der Waals surface area contributed by atoms with Crippen molar-refractivity contribution in [3.63, 3.8) is 0 Å². The van der Waals surface area contributed by atoms with Crippen LogP contribution in [0.3, 0.4) is 0 Å². The van der Waals surface area contributed by atoms with Crippen molar-refractivity contribution >= 4 is 39.1 Å². The fraction of sp³-hybridized carbons (Fsp3) is 0.429. The summed E-state index contributed by atoms with van der Waals surface area (Å²) in [6.45, 7) is 4.37. The summed E-state index contributed by atoms with van der Waals surface area (Å²) < 4.78 is 12.4. The second kappa shape index (κ2) is 11.8. The Morgan fingerprint density at radius 2 is 1.89 bits per heavy atom. The maximum Gasteiger partial charge on any atom is 0.175 e. The summed E-state index contributed by atoms with van der Waals surface area (Å²) in [5.74, 6) is 1.35. The predicted molar refractivity (Wildman–Crippen MR) is 117 cm³/mol. The molecule has 1 N–H and O–H groups in total. The number of ether oxygens (including phenoxy) is 2. The topological polar surface area (TPSA) is 30.5 Å². The van der Waals surface area contributed by atoms with Gasteiger partial charge in [-0.15, -0.1) is 0 Å². The van der Waals surface area contributed by atoms with Crippen LogP contribution >= 0.6 is 39.1 Å². The molecule has 3 nitrogen and oxygen atoms in total. The van der Waals surface area contributed by atoms with Gasteiger partial charge in [0.2, 0.25) is 0 Å². The van der Waals surface area contributed by atoms with Gasteiger partial charge in [-0.25, -0.2) is 0 Å². The van der Waals surface area contributed by atoms with Crippen LogP contribution in [0.2, 0.25) is 10.0 Å². The van der Waals surface area contributed by atoms with Gasteiger partial charge in [0.1, 0.15) is 6.61 Å². The third-order valence-corrected chi connectivity index (χ3v) is 5.39. The minimum Gasteiger partial charge on any atom is -0.493 e. The fourth-order valence-electron chi connectivity index (χ4n) is 2.71. The second-order valence-electron chi connectivity index (χ2n) is 6.37. The third-order valence-electron chi connectivity index (χ3n) is 4.21. The van der Waals surface area contributed by atoms with E-state index in [0.717, 1.165) is 28.7 Å². The van der Waals surface area contributed by atoms with Crippen molar-refractivity contribution in [3.8, 4) is 11.5 Å². The van der Waals surface area contributed by atoms with Crippen LogP contribution in [0.5, 0.6) is 11.5 Å². The zero-order chi connectivity index (χ0) is 19.6. The van der Waals surface area contributed by atoms with Gasteiger partial charge in [-0.1, -0.05) is 55.5 Å². The van der Waals surface area contributed by atoms with Gasteiger partial charge in [0, 0.05) is 22.2 Å². The first-order chi connectivity index (χ1) is 13.0. The van der Waals surface area contributed by atoms with Gasteiger partial charge in [0.15, 0.2) is 11.5 Å². The molecule has 0 atom stereocenters. The average molecular weight is 475 g/mol. The maximum atomic E-state index is 6.22. The number of hydrogen-bond donors (Lipinski definition) is 1. The van der Waals surface area contributed by atoms with Gasteiger partial charge in [0.05, 0.1) is 11.6 Å². The first-order valence-electron chi connectivity index (χ1n) is 9.19. The van der Waals surface area contributed by atoms with Gasteiger partial charge < -0.3 is 14.8 Å². The monoisotopic (exact) mass is 473 g/mol. The molecule has 0 aliphatic heterocycles. The Bertz CT molecular complexity index is 740. The lowest BCUT2D eigenvalue weighted by Gasteiger charge is -2.15. The number of hydrogen-bond acceptors (Lipinski definition) is 3. The van der Waals surface area contributed by atoms with E-state index in [2.05, 4.69) is 34.2 Å². The molecule has 0 aliphatic rings. The summed E-state index contributed by atoms with van der Waals surface area (Å²) in [6.07, 6.45) is 5.03. The number of rotatable bonds is 11. The van der Waals surface area contributed by atoms with E-state index >= 15 is 0 Å². The summed E-state index contributed by atoms with van der Waals surface area (Å²) in [7, 11) is 1.64. The number of unbranched alkanes of at least 4 members (excludes halogenated alkanes) is 3. The average Bonchev–Trinajstić information content (AvgIpc) is 2.64. The van der Waals surface area contributed by atoms with Crippen LogP contribution in [-0.4, -0.2) is 13.7 Å². The van der Waals surface area contributed by atoms with Crippen LogP contribution in [0.15, 0.2) is 34.8 Å². The zero-order valence-electron chi connectivity index (χ0n) is 15.8. The van der Waals surface area contributed by atoms with Crippen LogP contribution in [0, 0.1) is 0 Å². The minimum atomic E-state index is 0.333. The molecule has 0 fully saturated rings. The van der Waals surface area contributed by atoms with Crippen molar-refractivity contribution in [3.05, 3.63) is 56.0 Å². The van der Waals surface area contributed by atoms with Crippen LogP contribution in [0.4, 0.5) is 0 Å². The molecule has 2 aromatic carbocycles. The lowest BCUT2D eigenvalue weighted by molar-refractivity contribution is 0.282. The molecular formula is C21H26BrCl2NO2. The molecule has 0 saturated carbocycles. The molecule has 0 amide bonds. The van der Waals surface area contributed by atoms with E-state index in [9.17, 15) is 0 Å². The fourth-order valence-corrected chi connectivity index (χ4v) is 3.78. The Kier molecular flexibility index (Phi) is 9.77. The summed E-state index contributed by atoms with van der Waals surface area (Å²) in [5, 5.41) is 4.67. The van der Waals surface area contributed by atoms with Crippen molar-refractivity contribution in [2.24, 2.45) is 0 Å². The van der Waals surface area contributed by atoms with E-state index in [1.807, 2.05) is 12.1 Å². The van der Waals surface area contributed by atoms with E-state index in [-0.39, 0.29) is 0 Å². The molecule has 0 aromatic heterocycles. The Balaban J connectivity index is 1.98. The Morgan fingerprint density at radius 3 is 2.59 bits per heavy atom. The van der Waals surface area contributed by atoms with E-state index in [1.165, 1.54) is 25.7 Å². The highest BCUT2D eigenvalue weighted by molar-refractivity contribution is 9.10. The molecule has 148 valence electrons. The molecule has 0 spiro atoms. The SMILES string of the molecule is CCCCCCNCc1cc(Br)c(OCc2ccc(Cl)cc2Cl)c(OC)c1. The number of benzene rings is 2. The molecule has 0 unspecified atom stereocenters. The third kappa shape index (κ3) is 7.19. The van der Waals surface area contributed by atoms with E-state index in [1.54, 1.807) is 19.2 Å². The molecule has 2 aromatic rings. The smallest absolute Gasteiger partial charge is 0.175 e. The van der Waals surface area contributed by atoms with Crippen LogP contribution in [0.1, 0.15) is 43.7 Å². The largest absolute Gasteiger partial charge is 0.493 e. The standard InChI is InChI=1S/C21H26BrCl2NO2/c1-3-4-5-6-9-25-13-15-10-18(22)21(20(11-15)26-2)27-14-16-7-8-17(23)12-19(16)24/h7-8,10-12,25H,3-6,9,13-14H2,1-2H3. The Labute approximate surface area is 180 Å². The molecule has 27 heavy (non-hydrogen) atoms. The summed E-state index contributed by atoms with van der Waals surface area (Å²) >= 11 is 15.8. The summed E-state index contributed by atoms with van der Waals surface area (Å²) in [5.41, 5.74) is 2.01. The van der Waals surface area contributed by atoms with Crippen molar-refractivity contribution in [2.75, 3.05) is 13.7 Å². The van der Waals surface area contributed by atoms with Crippen molar-refractivity contribution in [2.45, 2.75) is 45.8 Å². The maximum absolute atomic E-state index is 6.22. The van der Waals surface area contributed by atoms with Crippen LogP contribution in [-0.2, 0) is 13.2 Å². The quantitative estimate of drug-likeness (QED) is 0.355. The number of methoxy groups -OCH3 is 1. The molecule has 0 heterocycles. The van der Waals surface area contributed by atoms with Crippen LogP contribution < -0.4 is 14.8 Å². The second-order valence-corrected chi connectivity index (χ2v) is 8.07. The lowest BCUT2D eigenvalue weighted by atomic mass is 10.2. The van der Waals surface area contributed by atoms with Gasteiger partial charge in [-0.2, -0.15) is 0 Å². The predicted octanol–water partition coefficient (Wildman–Crippen LogP) is 7.01. The number of nitrogens with one attached hydrogen (secondary N) is 1. The van der Waals surface area contributed by atoms with Gasteiger partial charge in [0.25, 0.3) is 0 Å². The normalized spacial score (nSPS) is 10.9. The highest BCUT2D eigenvalue weighted by atomic mass is 79.9. The highest BCUT2D eigenvalue weighted by Crippen LogP contribution is 2.37. The van der Waals surface area contributed by atoms with Crippen LogP contribution in [0.25, 0.3) is 0 Å². The lowest BCUT2D eigenvalue weighted by Crippen LogP contribution is -2.14. The number of halogens is 3. The minimum absolute atomic E-state index is 0.333. The molecule has 6 heteroatoms. The molecule has 0 aliphatic carbocycles. The van der Waals surface area contributed by atoms with E-state index in [4.69, 9.17) is 32.7 Å². The highest BCUT2D eigenvalue weighted by Gasteiger charge is 2.13. The van der Waals surface area contributed by atoms with Crippen molar-refractivity contribution < 1.29 is 9.47 Å². The molecular weight excluding hydrogens is 449 g/mol. The first-order valence-corrected chi connectivity index (χ1v) is 10.7. The molecule has 2 rings (SSSR count). The summed E-state index contributed by atoms with van der Waals surface area (Å²) in [4.78, 5) is 0. The zero-order valence-corrected chi connectivity index (χ0v) is 18.9. The van der Waals surface area contributed by atoms with Gasteiger partial charge in [-0.3, -0.25) is 0 Å². The molecule has 0 radical (unpaired) electrons. The Morgan fingerprint density at radius 1 is 1.07 bits per heavy atom. The van der Waals surface area contributed by atoms with Gasteiger partial charge in [-0.05, 0) is 58.7 Å². The Hall–Kier alpha value is -0.940. The van der Waals surface area contributed by atoms with E-state index in [0.29, 0.717) is 28.2 Å². The molecule has 0 bridgehead atoms. The van der Waals surface area contributed by atoms with E-state index < -0.39 is 0 Å². The van der Waals surface area contributed by atoms with Crippen molar-refractivity contribution in [1.29, 1.82) is 0 Å². The van der Waals surface area contributed by atoms with Crippen molar-refractivity contribution in [1.82, 2.24) is 5.32 Å². The van der Waals surface area contributed by atoms with Gasteiger partial charge >= 0.3 is 0 Å². The first kappa shape index (κ1) is 22.4.